The Bertz CT molecular complexity index is 1230. The van der Waals surface area contributed by atoms with Gasteiger partial charge in [0.1, 0.15) is 5.82 Å². The van der Waals surface area contributed by atoms with E-state index in [1.54, 1.807) is 12.1 Å². The Labute approximate surface area is 183 Å². The summed E-state index contributed by atoms with van der Waals surface area (Å²) in [5, 5.41) is 2.75. The lowest BCUT2D eigenvalue weighted by Gasteiger charge is -2.13. The molecule has 0 aliphatic carbocycles. The number of benzene rings is 3. The van der Waals surface area contributed by atoms with Crippen LogP contribution < -0.4 is 19.5 Å². The van der Waals surface area contributed by atoms with Crippen LogP contribution in [0.5, 0.6) is 11.5 Å². The van der Waals surface area contributed by atoms with Crippen LogP contribution in [0.1, 0.15) is 10.4 Å². The third-order valence-corrected chi connectivity index (χ3v) is 5.84. The third kappa shape index (κ3) is 5.25. The van der Waals surface area contributed by atoms with E-state index in [1.165, 1.54) is 56.7 Å². The van der Waals surface area contributed by atoms with E-state index >= 15 is 0 Å². The van der Waals surface area contributed by atoms with E-state index in [-0.39, 0.29) is 21.8 Å². The van der Waals surface area contributed by atoms with Crippen molar-refractivity contribution in [3.05, 3.63) is 77.1 Å². The van der Waals surface area contributed by atoms with Crippen LogP contribution >= 0.6 is 11.6 Å². The van der Waals surface area contributed by atoms with Gasteiger partial charge in [0.2, 0.25) is 0 Å². The van der Waals surface area contributed by atoms with Gasteiger partial charge in [-0.2, -0.15) is 0 Å². The number of amides is 1. The molecule has 3 rings (SSSR count). The van der Waals surface area contributed by atoms with E-state index in [4.69, 9.17) is 21.1 Å². The number of carbonyl (C=O) groups excluding carboxylic acids is 1. The molecule has 3 aromatic carbocycles. The van der Waals surface area contributed by atoms with Crippen molar-refractivity contribution >= 4 is 38.9 Å². The molecule has 0 aliphatic heterocycles. The summed E-state index contributed by atoms with van der Waals surface area (Å²) in [5.74, 6) is -0.740. The molecule has 0 fully saturated rings. The molecular weight excluding hydrogens is 447 g/mol. The zero-order valence-electron chi connectivity index (χ0n) is 16.5. The van der Waals surface area contributed by atoms with Gasteiger partial charge in [0.25, 0.3) is 15.9 Å². The molecule has 10 heteroatoms. The lowest BCUT2D eigenvalue weighted by Crippen LogP contribution is -2.15. The number of carbonyl (C=O) groups is 1. The lowest BCUT2D eigenvalue weighted by atomic mass is 10.2. The molecule has 0 unspecified atom stereocenters. The van der Waals surface area contributed by atoms with Gasteiger partial charge in [0.15, 0.2) is 11.5 Å². The lowest BCUT2D eigenvalue weighted by molar-refractivity contribution is 0.102. The van der Waals surface area contributed by atoms with Crippen LogP contribution in [0.3, 0.4) is 0 Å². The first-order valence-electron chi connectivity index (χ1n) is 8.85. The van der Waals surface area contributed by atoms with Crippen LogP contribution in [-0.2, 0) is 10.0 Å². The Morgan fingerprint density at radius 1 is 0.968 bits per heavy atom. The highest BCUT2D eigenvalue weighted by atomic mass is 35.5. The number of halogens is 2. The average Bonchev–Trinajstić information content (AvgIpc) is 2.74. The molecule has 0 radical (unpaired) electrons. The topological polar surface area (TPSA) is 93.7 Å². The maximum Gasteiger partial charge on any atom is 0.262 e. The van der Waals surface area contributed by atoms with Gasteiger partial charge in [0.05, 0.1) is 30.5 Å². The van der Waals surface area contributed by atoms with Crippen molar-refractivity contribution in [2.24, 2.45) is 0 Å². The molecule has 0 spiro atoms. The van der Waals surface area contributed by atoms with Crippen LogP contribution in [0.4, 0.5) is 15.8 Å². The van der Waals surface area contributed by atoms with Crippen LogP contribution in [0, 0.1) is 5.82 Å². The quantitative estimate of drug-likeness (QED) is 0.535. The van der Waals surface area contributed by atoms with Crippen molar-refractivity contribution in [3.8, 4) is 11.5 Å². The summed E-state index contributed by atoms with van der Waals surface area (Å²) >= 11 is 5.85. The van der Waals surface area contributed by atoms with Gasteiger partial charge in [0, 0.05) is 16.7 Å². The first kappa shape index (κ1) is 22.4. The smallest absolute Gasteiger partial charge is 0.262 e. The molecule has 0 atom stereocenters. The standard InChI is InChI=1S/C21H18ClFN2O5S/c1-29-19-9-6-15(11-20(19)30-2)25-31(27,28)16-7-8-18(17(23)12-16)24-21(26)13-4-3-5-14(22)10-13/h3-12,25H,1-2H3,(H,24,26). The average molecular weight is 465 g/mol. The zero-order chi connectivity index (χ0) is 22.6. The predicted octanol–water partition coefficient (Wildman–Crippen LogP) is 4.55. The first-order valence-corrected chi connectivity index (χ1v) is 10.7. The fourth-order valence-electron chi connectivity index (χ4n) is 2.70. The number of ether oxygens (including phenoxy) is 2. The van der Waals surface area contributed by atoms with Gasteiger partial charge in [-0.1, -0.05) is 17.7 Å². The van der Waals surface area contributed by atoms with Crippen molar-refractivity contribution in [2.75, 3.05) is 24.3 Å². The summed E-state index contributed by atoms with van der Waals surface area (Å²) in [5.41, 5.74) is 0.269. The molecule has 0 saturated carbocycles. The molecule has 0 aromatic heterocycles. The maximum atomic E-state index is 14.5. The van der Waals surface area contributed by atoms with Gasteiger partial charge < -0.3 is 14.8 Å². The monoisotopic (exact) mass is 464 g/mol. The van der Waals surface area contributed by atoms with Crippen LogP contribution in [-0.4, -0.2) is 28.5 Å². The molecular formula is C21H18ClFN2O5S. The number of nitrogens with one attached hydrogen (secondary N) is 2. The van der Waals surface area contributed by atoms with E-state index in [2.05, 4.69) is 10.0 Å². The third-order valence-electron chi connectivity index (χ3n) is 4.22. The molecule has 0 aliphatic rings. The van der Waals surface area contributed by atoms with Gasteiger partial charge in [-0.15, -0.1) is 0 Å². The minimum atomic E-state index is -4.10. The van der Waals surface area contributed by atoms with Crippen molar-refractivity contribution < 1.29 is 27.1 Å². The predicted molar refractivity (Wildman–Crippen MR) is 116 cm³/mol. The molecule has 7 nitrogen and oxygen atoms in total. The highest BCUT2D eigenvalue weighted by Gasteiger charge is 2.19. The fourth-order valence-corrected chi connectivity index (χ4v) is 3.95. The van der Waals surface area contributed by atoms with Crippen molar-refractivity contribution in [2.45, 2.75) is 4.90 Å². The van der Waals surface area contributed by atoms with E-state index in [1.807, 2.05) is 0 Å². The number of hydrogen-bond donors (Lipinski definition) is 2. The highest BCUT2D eigenvalue weighted by Crippen LogP contribution is 2.31. The van der Waals surface area contributed by atoms with Gasteiger partial charge in [-0.3, -0.25) is 9.52 Å². The number of methoxy groups -OCH3 is 2. The van der Waals surface area contributed by atoms with Gasteiger partial charge >= 0.3 is 0 Å². The Hall–Kier alpha value is -3.30. The second-order valence-corrected chi connectivity index (χ2v) is 8.40. The Kier molecular flexibility index (Phi) is 6.67. The van der Waals surface area contributed by atoms with E-state index in [0.717, 1.165) is 6.07 Å². The molecule has 0 bridgehead atoms. The van der Waals surface area contributed by atoms with Gasteiger partial charge in [-0.05, 0) is 48.5 Å². The van der Waals surface area contributed by atoms with E-state index in [9.17, 15) is 17.6 Å². The summed E-state index contributed by atoms with van der Waals surface area (Å²) in [6.07, 6.45) is 0. The summed E-state index contributed by atoms with van der Waals surface area (Å²) in [6.45, 7) is 0. The van der Waals surface area contributed by atoms with E-state index < -0.39 is 21.7 Å². The maximum absolute atomic E-state index is 14.5. The summed E-state index contributed by atoms with van der Waals surface area (Å²) in [6, 6.07) is 13.8. The molecule has 0 saturated heterocycles. The summed E-state index contributed by atoms with van der Waals surface area (Å²) in [4.78, 5) is 11.9. The fraction of sp³-hybridized carbons (Fsp3) is 0.0952. The largest absolute Gasteiger partial charge is 0.493 e. The van der Waals surface area contributed by atoms with Crippen molar-refractivity contribution in [3.63, 3.8) is 0 Å². The number of anilines is 2. The normalized spacial score (nSPS) is 11.0. The number of hydrogen-bond acceptors (Lipinski definition) is 5. The molecule has 162 valence electrons. The second kappa shape index (κ2) is 9.23. The molecule has 1 amide bonds. The first-order chi connectivity index (χ1) is 14.7. The minimum Gasteiger partial charge on any atom is -0.493 e. The Morgan fingerprint density at radius 3 is 2.35 bits per heavy atom. The summed E-state index contributed by atoms with van der Waals surface area (Å²) in [7, 11) is -1.23. The molecule has 2 N–H and O–H groups in total. The Morgan fingerprint density at radius 2 is 1.71 bits per heavy atom. The SMILES string of the molecule is COc1ccc(NS(=O)(=O)c2ccc(NC(=O)c3cccc(Cl)c3)c(F)c2)cc1OC. The number of rotatable bonds is 7. The second-order valence-electron chi connectivity index (χ2n) is 6.28. The van der Waals surface area contributed by atoms with E-state index in [0.29, 0.717) is 16.5 Å². The Balaban J connectivity index is 1.80. The van der Waals surface area contributed by atoms with Gasteiger partial charge in [-0.25, -0.2) is 12.8 Å². The molecule has 31 heavy (non-hydrogen) atoms. The van der Waals surface area contributed by atoms with Crippen LogP contribution in [0.25, 0.3) is 0 Å². The highest BCUT2D eigenvalue weighted by molar-refractivity contribution is 7.92. The van der Waals surface area contributed by atoms with Crippen LogP contribution in [0.2, 0.25) is 5.02 Å². The molecule has 0 heterocycles. The molecule has 3 aromatic rings. The minimum absolute atomic E-state index is 0.171. The number of sulfonamides is 1. The van der Waals surface area contributed by atoms with Crippen LogP contribution in [0.15, 0.2) is 65.6 Å². The summed E-state index contributed by atoms with van der Waals surface area (Å²) < 4.78 is 52.4. The zero-order valence-corrected chi connectivity index (χ0v) is 18.1. The van der Waals surface area contributed by atoms with Crippen molar-refractivity contribution in [1.82, 2.24) is 0 Å². The van der Waals surface area contributed by atoms with Crippen molar-refractivity contribution in [1.29, 1.82) is 0 Å².